The number of para-hydroxylation sites is 1. The number of benzene rings is 5. The van der Waals surface area contributed by atoms with Crippen LogP contribution < -0.4 is 15.4 Å². The molecule has 2 heterocycles. The average molecular weight is 750 g/mol. The highest BCUT2D eigenvalue weighted by molar-refractivity contribution is 6.40. The summed E-state index contributed by atoms with van der Waals surface area (Å²) in [5.74, 6) is 1.39. The summed E-state index contributed by atoms with van der Waals surface area (Å²) < 4.78 is 20.8. The summed E-state index contributed by atoms with van der Waals surface area (Å²) in [6.45, 7) is 2.85. The van der Waals surface area contributed by atoms with E-state index < -0.39 is 6.29 Å². The van der Waals surface area contributed by atoms with Gasteiger partial charge in [-0.15, -0.1) is 0 Å². The van der Waals surface area contributed by atoms with Crippen molar-refractivity contribution >= 4 is 34.9 Å². The number of carbonyl (C=O) groups is 1. The number of amides is 2. The first-order valence-corrected chi connectivity index (χ1v) is 18.0. The molecule has 1 aliphatic rings. The van der Waals surface area contributed by atoms with Crippen LogP contribution in [-0.2, 0) is 29.2 Å². The van der Waals surface area contributed by atoms with E-state index in [-0.39, 0.29) is 35.9 Å². The normalized spacial score (nSPS) is 18.3. The first-order chi connectivity index (χ1) is 25.8. The third kappa shape index (κ3) is 8.90. The van der Waals surface area contributed by atoms with Crippen molar-refractivity contribution in [2.75, 3.05) is 5.32 Å². The lowest BCUT2D eigenvalue weighted by molar-refractivity contribution is -0.276. The van der Waals surface area contributed by atoms with E-state index in [1.54, 1.807) is 23.0 Å². The Balaban J connectivity index is 0.999. The number of carbonyl (C=O) groups excluding carboxylic acids is 1. The number of hydrogen-bond donors (Lipinski definition) is 3. The van der Waals surface area contributed by atoms with E-state index in [1.165, 1.54) is 0 Å². The van der Waals surface area contributed by atoms with Gasteiger partial charge in [-0.3, -0.25) is 0 Å². The van der Waals surface area contributed by atoms with Gasteiger partial charge in [0.25, 0.3) is 0 Å². The van der Waals surface area contributed by atoms with Crippen molar-refractivity contribution < 1.29 is 24.1 Å². The number of nitrogens with zero attached hydrogens (tertiary/aromatic N) is 2. The predicted octanol–water partition coefficient (Wildman–Crippen LogP) is 9.95. The summed E-state index contributed by atoms with van der Waals surface area (Å²) >= 11 is 12.6. The summed E-state index contributed by atoms with van der Waals surface area (Å²) in [4.78, 5) is 16.8. The van der Waals surface area contributed by atoms with Gasteiger partial charge in [-0.25, -0.2) is 9.78 Å². The molecule has 0 radical (unpaired) electrons. The van der Waals surface area contributed by atoms with Crippen LogP contribution in [0.15, 0.2) is 134 Å². The second kappa shape index (κ2) is 16.7. The van der Waals surface area contributed by atoms with Gasteiger partial charge in [0.2, 0.25) is 0 Å². The molecule has 53 heavy (non-hydrogen) atoms. The molecule has 0 aliphatic carbocycles. The zero-order valence-corrected chi connectivity index (χ0v) is 30.4. The molecule has 2 amide bonds. The third-order valence-electron chi connectivity index (χ3n) is 9.22. The Kier molecular flexibility index (Phi) is 11.4. The fourth-order valence-corrected chi connectivity index (χ4v) is 6.59. The van der Waals surface area contributed by atoms with E-state index in [0.29, 0.717) is 29.7 Å². The molecule has 270 valence electrons. The minimum atomic E-state index is -0.646. The van der Waals surface area contributed by atoms with Gasteiger partial charge in [-0.2, -0.15) is 0 Å². The fourth-order valence-electron chi connectivity index (χ4n) is 6.27. The van der Waals surface area contributed by atoms with Crippen molar-refractivity contribution in [2.24, 2.45) is 5.92 Å². The summed E-state index contributed by atoms with van der Waals surface area (Å²) in [7, 11) is 0. The number of nitrogens with one attached hydrogen (secondary N) is 2. The van der Waals surface area contributed by atoms with Crippen molar-refractivity contribution in [2.45, 2.75) is 45.1 Å². The van der Waals surface area contributed by atoms with Crippen LogP contribution in [0.2, 0.25) is 10.3 Å². The van der Waals surface area contributed by atoms with Crippen LogP contribution in [0, 0.1) is 5.92 Å². The van der Waals surface area contributed by atoms with Gasteiger partial charge in [-0.05, 0) is 70.3 Å². The molecule has 5 aromatic carbocycles. The number of aromatic nitrogens is 2. The Bertz CT molecular complexity index is 2130. The standard InChI is InChI=1S/C42H38Cl2N4O5/c1-27-37(24-48-26-46-39(43)40(48)44)52-41(53-38(27)31-12-10-28(25-49)11-13-31)32-16-14-30(15-17-32)33-7-5-6-29(22-33)23-45-42(50)47-34-18-20-36(21-19-34)51-35-8-3-2-4-9-35/h2-22,26-27,37-38,41,49H,23-25H2,1H3,(H2,45,47,50). The topological polar surface area (TPSA) is 107 Å². The fraction of sp³-hybridized carbons (Fsp3) is 0.190. The molecule has 0 bridgehead atoms. The van der Waals surface area contributed by atoms with Crippen LogP contribution in [0.3, 0.4) is 0 Å². The quantitative estimate of drug-likeness (QED) is 0.122. The van der Waals surface area contributed by atoms with Gasteiger partial charge >= 0.3 is 6.03 Å². The maximum absolute atomic E-state index is 12.7. The van der Waals surface area contributed by atoms with Crippen molar-refractivity contribution in [1.82, 2.24) is 14.9 Å². The first kappa shape index (κ1) is 36.2. The van der Waals surface area contributed by atoms with Crippen LogP contribution in [0.25, 0.3) is 11.1 Å². The van der Waals surface area contributed by atoms with E-state index >= 15 is 0 Å². The molecule has 1 fully saturated rings. The van der Waals surface area contributed by atoms with Crippen molar-refractivity contribution in [3.63, 3.8) is 0 Å². The smallest absolute Gasteiger partial charge is 0.319 e. The van der Waals surface area contributed by atoms with E-state index in [9.17, 15) is 9.90 Å². The number of anilines is 1. The summed E-state index contributed by atoms with van der Waals surface area (Å²) in [6.07, 6.45) is 0.418. The SMILES string of the molecule is CC1C(Cn2cnc(Cl)c2Cl)OC(c2ccc(-c3cccc(CNC(=O)Nc4ccc(Oc5ccccc5)cc4)c3)cc2)OC1c1ccc(CO)cc1. The second-order valence-corrected chi connectivity index (χ2v) is 13.6. The van der Waals surface area contributed by atoms with E-state index in [1.807, 2.05) is 109 Å². The molecule has 11 heteroatoms. The summed E-state index contributed by atoms with van der Waals surface area (Å²) in [6, 6.07) is 40.4. The molecule has 3 N–H and O–H groups in total. The number of hydrogen-bond acceptors (Lipinski definition) is 6. The van der Waals surface area contributed by atoms with Crippen LogP contribution in [0.4, 0.5) is 10.5 Å². The number of ether oxygens (including phenoxy) is 3. The highest BCUT2D eigenvalue weighted by atomic mass is 35.5. The number of imidazole rings is 1. The van der Waals surface area contributed by atoms with Gasteiger partial charge in [0, 0.05) is 23.7 Å². The largest absolute Gasteiger partial charge is 0.457 e. The minimum Gasteiger partial charge on any atom is -0.457 e. The molecule has 1 aromatic heterocycles. The van der Waals surface area contributed by atoms with Crippen LogP contribution in [0.1, 0.15) is 41.6 Å². The van der Waals surface area contributed by atoms with Gasteiger partial charge in [0.1, 0.15) is 16.7 Å². The van der Waals surface area contributed by atoms with Crippen LogP contribution in [-0.4, -0.2) is 26.8 Å². The molecule has 0 spiro atoms. The molecular weight excluding hydrogens is 711 g/mol. The molecule has 1 aliphatic heterocycles. The van der Waals surface area contributed by atoms with Crippen LogP contribution in [0.5, 0.6) is 11.5 Å². The van der Waals surface area contributed by atoms with Crippen molar-refractivity contribution in [3.8, 4) is 22.6 Å². The maximum Gasteiger partial charge on any atom is 0.319 e. The van der Waals surface area contributed by atoms with Crippen LogP contribution >= 0.6 is 23.2 Å². The number of rotatable bonds is 11. The Morgan fingerprint density at radius 2 is 1.53 bits per heavy atom. The summed E-state index contributed by atoms with van der Waals surface area (Å²) in [5, 5.41) is 16.0. The number of aliphatic hydroxyl groups excluding tert-OH is 1. The highest BCUT2D eigenvalue weighted by Crippen LogP contribution is 2.43. The van der Waals surface area contributed by atoms with Gasteiger partial charge in [0.05, 0.1) is 31.7 Å². The summed E-state index contributed by atoms with van der Waals surface area (Å²) in [5.41, 5.74) is 6.32. The maximum atomic E-state index is 12.7. The Hall–Kier alpha value is -5.16. The predicted molar refractivity (Wildman–Crippen MR) is 206 cm³/mol. The molecule has 1 saturated heterocycles. The second-order valence-electron chi connectivity index (χ2n) is 12.9. The van der Waals surface area contributed by atoms with E-state index in [2.05, 4.69) is 28.6 Å². The van der Waals surface area contributed by atoms with Gasteiger partial charge < -0.3 is 34.5 Å². The zero-order valence-electron chi connectivity index (χ0n) is 28.9. The Labute approximate surface area is 318 Å². The molecule has 6 aromatic rings. The van der Waals surface area contributed by atoms with E-state index in [4.69, 9.17) is 37.4 Å². The average Bonchev–Trinajstić information content (AvgIpc) is 3.51. The lowest BCUT2D eigenvalue weighted by atomic mass is 9.90. The lowest BCUT2D eigenvalue weighted by Gasteiger charge is -2.41. The number of urea groups is 1. The molecular formula is C42H38Cl2N4O5. The molecule has 7 rings (SSSR count). The van der Waals surface area contributed by atoms with Crippen molar-refractivity contribution in [3.05, 3.63) is 166 Å². The van der Waals surface area contributed by atoms with E-state index in [0.717, 1.165) is 39.1 Å². The lowest BCUT2D eigenvalue weighted by Crippen LogP contribution is -2.39. The Morgan fingerprint density at radius 1 is 0.811 bits per heavy atom. The van der Waals surface area contributed by atoms with Crippen molar-refractivity contribution in [1.29, 1.82) is 0 Å². The van der Waals surface area contributed by atoms with Gasteiger partial charge in [0.15, 0.2) is 11.4 Å². The first-order valence-electron chi connectivity index (χ1n) is 17.3. The third-order valence-corrected chi connectivity index (χ3v) is 9.99. The zero-order chi connectivity index (χ0) is 36.7. The Morgan fingerprint density at radius 3 is 2.23 bits per heavy atom. The number of halogens is 2. The monoisotopic (exact) mass is 748 g/mol. The number of aliphatic hydroxyl groups is 1. The molecule has 4 atom stereocenters. The minimum absolute atomic E-state index is 0.0294. The molecule has 0 saturated carbocycles. The molecule has 9 nitrogen and oxygen atoms in total. The highest BCUT2D eigenvalue weighted by Gasteiger charge is 2.39. The molecule has 4 unspecified atom stereocenters. The van der Waals surface area contributed by atoms with Gasteiger partial charge in [-0.1, -0.05) is 115 Å².